The highest BCUT2D eigenvalue weighted by Gasteiger charge is 2.11. The Labute approximate surface area is 67.3 Å². The third kappa shape index (κ3) is 2.76. The second-order valence-electron chi connectivity index (χ2n) is 2.55. The third-order valence-corrected chi connectivity index (χ3v) is 3.00. The molecule has 1 fully saturated rings. The predicted octanol–water partition coefficient (Wildman–Crippen LogP) is 2.01. The van der Waals surface area contributed by atoms with Crippen molar-refractivity contribution in [1.82, 2.24) is 5.32 Å². The molecular formula is C8H15NS. The van der Waals surface area contributed by atoms with Gasteiger partial charge in [-0.3, -0.25) is 0 Å². The summed E-state index contributed by atoms with van der Waals surface area (Å²) in [6.45, 7) is 4.63. The van der Waals surface area contributed by atoms with Gasteiger partial charge < -0.3 is 5.32 Å². The zero-order valence-electron chi connectivity index (χ0n) is 6.31. The van der Waals surface area contributed by atoms with E-state index in [-0.39, 0.29) is 0 Å². The minimum atomic E-state index is 0.701. The van der Waals surface area contributed by atoms with Crippen molar-refractivity contribution < 1.29 is 0 Å². The first-order valence-electron chi connectivity index (χ1n) is 3.89. The molecule has 0 radical (unpaired) electrons. The summed E-state index contributed by atoms with van der Waals surface area (Å²) in [4.78, 5) is 0. The minimum absolute atomic E-state index is 0.701. The van der Waals surface area contributed by atoms with Gasteiger partial charge >= 0.3 is 0 Å². The second kappa shape index (κ2) is 4.80. The van der Waals surface area contributed by atoms with Crippen molar-refractivity contribution in [3.63, 3.8) is 0 Å². The van der Waals surface area contributed by atoms with Gasteiger partial charge in [0.2, 0.25) is 0 Å². The summed E-state index contributed by atoms with van der Waals surface area (Å²) < 4.78 is 0. The molecule has 0 aliphatic carbocycles. The van der Waals surface area contributed by atoms with Crippen LogP contribution in [0.15, 0.2) is 12.7 Å². The zero-order valence-corrected chi connectivity index (χ0v) is 7.12. The Balaban J connectivity index is 2.07. The first-order chi connectivity index (χ1) is 4.93. The Hall–Kier alpha value is 0.0500. The number of hydrogen-bond acceptors (Lipinski definition) is 2. The molecule has 0 aromatic rings. The molecule has 1 aliphatic rings. The van der Waals surface area contributed by atoms with Gasteiger partial charge in [-0.15, -0.1) is 18.3 Å². The van der Waals surface area contributed by atoms with Crippen molar-refractivity contribution in [2.75, 3.05) is 12.3 Å². The van der Waals surface area contributed by atoms with Crippen LogP contribution in [0.3, 0.4) is 0 Å². The Bertz CT molecular complexity index is 97.4. The van der Waals surface area contributed by atoms with Crippen molar-refractivity contribution in [2.24, 2.45) is 0 Å². The van der Waals surface area contributed by atoms with Gasteiger partial charge in [-0.05, 0) is 18.6 Å². The average molecular weight is 157 g/mol. The van der Waals surface area contributed by atoms with Crippen molar-refractivity contribution in [3.8, 4) is 0 Å². The maximum atomic E-state index is 3.67. The summed E-state index contributed by atoms with van der Waals surface area (Å²) in [7, 11) is 0. The first kappa shape index (κ1) is 8.15. The van der Waals surface area contributed by atoms with E-state index in [0.29, 0.717) is 5.37 Å². The lowest BCUT2D eigenvalue weighted by molar-refractivity contribution is 0.593. The van der Waals surface area contributed by atoms with Gasteiger partial charge in [0.05, 0.1) is 5.37 Å². The van der Waals surface area contributed by atoms with Crippen LogP contribution in [0.25, 0.3) is 0 Å². The molecule has 0 spiro atoms. The van der Waals surface area contributed by atoms with Crippen LogP contribution in [-0.2, 0) is 0 Å². The lowest BCUT2D eigenvalue weighted by atomic mass is 10.2. The molecule has 0 amide bonds. The molecule has 1 N–H and O–H groups in total. The molecular weight excluding hydrogens is 142 g/mol. The van der Waals surface area contributed by atoms with Crippen LogP contribution in [0.2, 0.25) is 0 Å². The van der Waals surface area contributed by atoms with E-state index < -0.39 is 0 Å². The quantitative estimate of drug-likeness (QED) is 0.629. The Kier molecular flexibility index (Phi) is 3.91. The normalized spacial score (nSPS) is 26.2. The molecule has 1 heterocycles. The van der Waals surface area contributed by atoms with Crippen LogP contribution >= 0.6 is 11.8 Å². The fraction of sp³-hybridized carbons (Fsp3) is 0.750. The standard InChI is InChI=1S/C8H15NS/c1-2-6-9-8-5-3-4-7-10-8/h2,8-9H,1,3-7H2. The summed E-state index contributed by atoms with van der Waals surface area (Å²) in [6, 6.07) is 0. The SMILES string of the molecule is C=CCNC1CCCCS1. The molecule has 0 aromatic carbocycles. The van der Waals surface area contributed by atoms with Gasteiger partial charge in [0.25, 0.3) is 0 Å². The van der Waals surface area contributed by atoms with Gasteiger partial charge in [-0.25, -0.2) is 0 Å². The van der Waals surface area contributed by atoms with Gasteiger partial charge in [-0.2, -0.15) is 0 Å². The summed E-state index contributed by atoms with van der Waals surface area (Å²) >= 11 is 2.04. The van der Waals surface area contributed by atoms with E-state index >= 15 is 0 Å². The zero-order chi connectivity index (χ0) is 7.23. The van der Waals surface area contributed by atoms with E-state index in [9.17, 15) is 0 Å². The highest BCUT2D eigenvalue weighted by atomic mass is 32.2. The molecule has 0 bridgehead atoms. The van der Waals surface area contributed by atoms with Crippen LogP contribution in [0.1, 0.15) is 19.3 Å². The Morgan fingerprint density at radius 1 is 1.60 bits per heavy atom. The van der Waals surface area contributed by atoms with E-state index in [4.69, 9.17) is 0 Å². The molecule has 1 atom stereocenters. The largest absolute Gasteiger partial charge is 0.302 e. The smallest absolute Gasteiger partial charge is 0.0534 e. The number of hydrogen-bond donors (Lipinski definition) is 1. The summed E-state index contributed by atoms with van der Waals surface area (Å²) in [5.74, 6) is 1.33. The number of thioether (sulfide) groups is 1. The molecule has 58 valence electrons. The molecule has 1 nitrogen and oxygen atoms in total. The molecule has 0 aromatic heterocycles. The summed E-state index contributed by atoms with van der Waals surface area (Å²) in [6.07, 6.45) is 6.05. The lowest BCUT2D eigenvalue weighted by Gasteiger charge is -2.21. The second-order valence-corrected chi connectivity index (χ2v) is 3.86. The maximum Gasteiger partial charge on any atom is 0.0534 e. The maximum absolute atomic E-state index is 3.67. The van der Waals surface area contributed by atoms with Crippen LogP contribution in [-0.4, -0.2) is 17.7 Å². The minimum Gasteiger partial charge on any atom is -0.302 e. The molecule has 1 aliphatic heterocycles. The van der Waals surface area contributed by atoms with Crippen molar-refractivity contribution in [2.45, 2.75) is 24.6 Å². The molecule has 1 rings (SSSR count). The first-order valence-corrected chi connectivity index (χ1v) is 4.94. The van der Waals surface area contributed by atoms with E-state index in [2.05, 4.69) is 11.9 Å². The lowest BCUT2D eigenvalue weighted by Crippen LogP contribution is -2.28. The van der Waals surface area contributed by atoms with Crippen molar-refractivity contribution in [1.29, 1.82) is 0 Å². The monoisotopic (exact) mass is 157 g/mol. The number of rotatable bonds is 3. The highest BCUT2D eigenvalue weighted by molar-refractivity contribution is 7.99. The average Bonchev–Trinajstić information content (AvgIpc) is 2.03. The Morgan fingerprint density at radius 2 is 2.50 bits per heavy atom. The van der Waals surface area contributed by atoms with Gasteiger partial charge in [0.1, 0.15) is 0 Å². The van der Waals surface area contributed by atoms with Crippen LogP contribution in [0.5, 0.6) is 0 Å². The third-order valence-electron chi connectivity index (χ3n) is 1.67. The topological polar surface area (TPSA) is 12.0 Å². The fourth-order valence-corrected chi connectivity index (χ4v) is 2.32. The van der Waals surface area contributed by atoms with Gasteiger partial charge in [0.15, 0.2) is 0 Å². The van der Waals surface area contributed by atoms with E-state index in [0.717, 1.165) is 6.54 Å². The van der Waals surface area contributed by atoms with Gasteiger partial charge in [-0.1, -0.05) is 12.5 Å². The number of nitrogens with one attached hydrogen (secondary N) is 1. The van der Waals surface area contributed by atoms with E-state index in [1.165, 1.54) is 25.0 Å². The summed E-state index contributed by atoms with van der Waals surface area (Å²) in [5, 5.41) is 4.12. The summed E-state index contributed by atoms with van der Waals surface area (Å²) in [5.41, 5.74) is 0. The Morgan fingerprint density at radius 3 is 3.10 bits per heavy atom. The molecule has 0 saturated carbocycles. The predicted molar refractivity (Wildman–Crippen MR) is 48.3 cm³/mol. The van der Waals surface area contributed by atoms with Crippen LogP contribution < -0.4 is 5.32 Å². The van der Waals surface area contributed by atoms with Crippen LogP contribution in [0, 0.1) is 0 Å². The van der Waals surface area contributed by atoms with Crippen molar-refractivity contribution in [3.05, 3.63) is 12.7 Å². The molecule has 10 heavy (non-hydrogen) atoms. The van der Waals surface area contributed by atoms with E-state index in [1.54, 1.807) is 0 Å². The fourth-order valence-electron chi connectivity index (χ4n) is 1.12. The molecule has 1 saturated heterocycles. The van der Waals surface area contributed by atoms with Gasteiger partial charge in [0, 0.05) is 6.54 Å². The molecule has 2 heteroatoms. The highest BCUT2D eigenvalue weighted by Crippen LogP contribution is 2.22. The molecule has 1 unspecified atom stereocenters. The van der Waals surface area contributed by atoms with Crippen LogP contribution in [0.4, 0.5) is 0 Å². The van der Waals surface area contributed by atoms with E-state index in [1.807, 2.05) is 17.8 Å². The van der Waals surface area contributed by atoms with Crippen molar-refractivity contribution >= 4 is 11.8 Å².